The minimum Gasteiger partial charge on any atom is -0.507 e. The largest absolute Gasteiger partial charge is 0.507 e. The number of carbonyl (C=O) groups excluding carboxylic acids is 1. The number of phenolic OH excluding ortho intramolecular Hbond substituents is 1. The van der Waals surface area contributed by atoms with Crippen LogP contribution in [0.25, 0.3) is 0 Å². The smallest absolute Gasteiger partial charge is 0.347 e. The lowest BCUT2D eigenvalue weighted by molar-refractivity contribution is 0.0731. The molecule has 0 radical (unpaired) electrons. The van der Waals surface area contributed by atoms with Crippen LogP contribution in [-0.4, -0.2) is 38.4 Å². The maximum Gasteiger partial charge on any atom is 0.347 e. The maximum absolute atomic E-state index is 11.8. The highest BCUT2D eigenvalue weighted by Crippen LogP contribution is 2.23. The molecule has 0 aliphatic carbocycles. The summed E-state index contributed by atoms with van der Waals surface area (Å²) >= 11 is 0. The van der Waals surface area contributed by atoms with Gasteiger partial charge in [-0.15, -0.1) is 0 Å². The molecule has 1 fully saturated rings. The molecule has 2 aromatic carbocycles. The molecule has 0 unspecified atom stereocenters. The minimum absolute atomic E-state index is 0.0339. The number of rotatable bonds is 2. The third-order valence-corrected chi connectivity index (χ3v) is 3.24. The molecule has 1 saturated heterocycles. The van der Waals surface area contributed by atoms with Gasteiger partial charge >= 0.3 is 5.97 Å². The van der Waals surface area contributed by atoms with Crippen LogP contribution in [0.4, 0.5) is 0 Å². The van der Waals surface area contributed by atoms with Crippen LogP contribution in [0.5, 0.6) is 11.5 Å². The number of hydrogen-bond donors (Lipinski definition) is 2. The van der Waals surface area contributed by atoms with Gasteiger partial charge in [0.05, 0.1) is 0 Å². The van der Waals surface area contributed by atoms with Crippen LogP contribution in [0, 0.1) is 6.92 Å². The van der Waals surface area contributed by atoms with Gasteiger partial charge in [0.25, 0.3) is 0 Å². The predicted octanol–water partition coefficient (Wildman–Crippen LogP) is 3.55. The normalized spacial score (nSPS) is 12.3. The molecule has 136 valence electrons. The molecule has 0 atom stereocenters. The molecule has 0 spiro atoms. The fourth-order valence-electron chi connectivity index (χ4n) is 1.98. The van der Waals surface area contributed by atoms with Gasteiger partial charge in [0.15, 0.2) is 0 Å². The Balaban J connectivity index is 0.000000324. The Morgan fingerprint density at radius 1 is 1.04 bits per heavy atom. The number of carbonyl (C=O) groups is 1. The van der Waals surface area contributed by atoms with Crippen molar-refractivity contribution in [3.63, 3.8) is 0 Å². The molecule has 1 heterocycles. The van der Waals surface area contributed by atoms with Crippen molar-refractivity contribution in [1.29, 1.82) is 0 Å². The lowest BCUT2D eigenvalue weighted by atomic mass is 10.1. The number of ether oxygens (including phenoxy) is 2. The average Bonchev–Trinajstić information content (AvgIpc) is 3.19. The Labute approximate surface area is 149 Å². The molecule has 25 heavy (non-hydrogen) atoms. The summed E-state index contributed by atoms with van der Waals surface area (Å²) < 4.78 is 10.1. The molecule has 1 aliphatic heterocycles. The first-order valence-electron chi connectivity index (χ1n) is 8.32. The number of aryl methyl sites for hydroxylation is 1. The molecule has 2 N–H and O–H groups in total. The number of hydrogen-bond acceptors (Lipinski definition) is 5. The van der Waals surface area contributed by atoms with E-state index in [2.05, 4.69) is 5.32 Å². The number of para-hydroxylation sites is 2. The molecule has 0 saturated carbocycles. The van der Waals surface area contributed by atoms with E-state index in [9.17, 15) is 9.90 Å². The fraction of sp³-hybridized carbons (Fsp3) is 0.350. The summed E-state index contributed by atoms with van der Waals surface area (Å²) in [6.07, 6.45) is 2.56. The van der Waals surface area contributed by atoms with E-state index in [1.54, 1.807) is 43.3 Å². The number of benzene rings is 2. The maximum atomic E-state index is 11.8. The lowest BCUT2D eigenvalue weighted by Crippen LogP contribution is -2.08. The van der Waals surface area contributed by atoms with Gasteiger partial charge in [-0.1, -0.05) is 30.3 Å². The molecule has 5 heteroatoms. The summed E-state index contributed by atoms with van der Waals surface area (Å²) in [5.74, 6) is -0.135. The molecular weight excluding hydrogens is 318 g/mol. The van der Waals surface area contributed by atoms with Gasteiger partial charge in [0, 0.05) is 13.2 Å². The van der Waals surface area contributed by atoms with Crippen LogP contribution in [0.15, 0.2) is 48.5 Å². The monoisotopic (exact) mass is 345 g/mol. The highest BCUT2D eigenvalue weighted by molar-refractivity contribution is 5.94. The summed E-state index contributed by atoms with van der Waals surface area (Å²) in [7, 11) is 3.75. The Kier molecular flexibility index (Phi) is 9.97. The zero-order valence-electron chi connectivity index (χ0n) is 15.1. The summed E-state index contributed by atoms with van der Waals surface area (Å²) in [4.78, 5) is 11.8. The van der Waals surface area contributed by atoms with E-state index >= 15 is 0 Å². The highest BCUT2D eigenvalue weighted by atomic mass is 16.5. The van der Waals surface area contributed by atoms with Crippen molar-refractivity contribution < 1.29 is 19.4 Å². The number of esters is 1. The van der Waals surface area contributed by atoms with E-state index in [1.165, 1.54) is 18.9 Å². The first kappa shape index (κ1) is 20.7. The van der Waals surface area contributed by atoms with Gasteiger partial charge in [-0.05, 0) is 57.6 Å². The van der Waals surface area contributed by atoms with Crippen LogP contribution in [-0.2, 0) is 4.74 Å². The van der Waals surface area contributed by atoms with Gasteiger partial charge in [0.2, 0.25) is 0 Å². The van der Waals surface area contributed by atoms with Gasteiger partial charge in [0.1, 0.15) is 17.1 Å². The van der Waals surface area contributed by atoms with E-state index in [4.69, 9.17) is 9.47 Å². The van der Waals surface area contributed by atoms with Crippen LogP contribution in [0.3, 0.4) is 0 Å². The molecule has 1 aliphatic rings. The van der Waals surface area contributed by atoms with Gasteiger partial charge < -0.3 is 19.9 Å². The Bertz CT molecular complexity index is 617. The topological polar surface area (TPSA) is 67.8 Å². The second-order valence-electron chi connectivity index (χ2n) is 5.49. The Morgan fingerprint density at radius 2 is 1.64 bits per heavy atom. The fourth-order valence-corrected chi connectivity index (χ4v) is 1.98. The summed E-state index contributed by atoms with van der Waals surface area (Å²) in [5.41, 5.74) is 0.821. The average molecular weight is 345 g/mol. The second kappa shape index (κ2) is 12.1. The van der Waals surface area contributed by atoms with Crippen molar-refractivity contribution in [3.8, 4) is 11.5 Å². The van der Waals surface area contributed by atoms with Gasteiger partial charge in [-0.3, -0.25) is 0 Å². The first-order valence-corrected chi connectivity index (χ1v) is 8.32. The molecule has 5 nitrogen and oxygen atoms in total. The SMILES string of the molecule is C1CCOC1.CNC.Cc1cccc(C(=O)Oc2ccccc2)c1O. The summed E-state index contributed by atoms with van der Waals surface area (Å²) in [5, 5.41) is 12.5. The zero-order chi connectivity index (χ0) is 18.5. The van der Waals surface area contributed by atoms with Crippen molar-refractivity contribution in [2.75, 3.05) is 27.3 Å². The number of phenols is 1. The van der Waals surface area contributed by atoms with E-state index in [0.29, 0.717) is 11.3 Å². The third kappa shape index (κ3) is 7.83. The lowest BCUT2D eigenvalue weighted by Gasteiger charge is -2.07. The third-order valence-electron chi connectivity index (χ3n) is 3.24. The van der Waals surface area contributed by atoms with Crippen molar-refractivity contribution in [2.45, 2.75) is 19.8 Å². The molecule has 0 aromatic heterocycles. The standard InChI is InChI=1S/C14H12O3.C4H8O.C2H7N/c1-10-6-5-9-12(13(10)15)14(16)17-11-7-3-2-4-8-11;1-2-4-5-3-1;1-3-2/h2-9,15H,1H3;1-4H2;3H,1-2H3. The molecule has 3 rings (SSSR count). The first-order chi connectivity index (χ1) is 12.1. The quantitative estimate of drug-likeness (QED) is 0.643. The van der Waals surface area contributed by atoms with E-state index in [-0.39, 0.29) is 11.3 Å². The van der Waals surface area contributed by atoms with E-state index in [0.717, 1.165) is 13.2 Å². The van der Waals surface area contributed by atoms with Crippen LogP contribution in [0.1, 0.15) is 28.8 Å². The van der Waals surface area contributed by atoms with Crippen LogP contribution >= 0.6 is 0 Å². The summed E-state index contributed by atoms with van der Waals surface area (Å²) in [6, 6.07) is 13.7. The second-order valence-corrected chi connectivity index (χ2v) is 5.49. The summed E-state index contributed by atoms with van der Waals surface area (Å²) in [6.45, 7) is 3.73. The van der Waals surface area contributed by atoms with E-state index in [1.807, 2.05) is 20.2 Å². The van der Waals surface area contributed by atoms with Crippen molar-refractivity contribution in [3.05, 3.63) is 59.7 Å². The minimum atomic E-state index is -0.558. The van der Waals surface area contributed by atoms with Gasteiger partial charge in [-0.2, -0.15) is 0 Å². The van der Waals surface area contributed by atoms with Crippen LogP contribution < -0.4 is 10.1 Å². The molecule has 0 bridgehead atoms. The molecule has 0 amide bonds. The number of nitrogens with one attached hydrogen (secondary N) is 1. The van der Waals surface area contributed by atoms with Crippen molar-refractivity contribution in [1.82, 2.24) is 5.32 Å². The zero-order valence-corrected chi connectivity index (χ0v) is 15.1. The van der Waals surface area contributed by atoms with Crippen molar-refractivity contribution in [2.24, 2.45) is 0 Å². The van der Waals surface area contributed by atoms with Crippen molar-refractivity contribution >= 4 is 5.97 Å². The highest BCUT2D eigenvalue weighted by Gasteiger charge is 2.14. The van der Waals surface area contributed by atoms with Gasteiger partial charge in [-0.25, -0.2) is 4.79 Å². The number of aromatic hydroxyl groups is 1. The van der Waals surface area contributed by atoms with E-state index < -0.39 is 5.97 Å². The predicted molar refractivity (Wildman–Crippen MR) is 99.3 cm³/mol. The molecule has 2 aromatic rings. The van der Waals surface area contributed by atoms with Crippen LogP contribution in [0.2, 0.25) is 0 Å². The Morgan fingerprint density at radius 3 is 2.16 bits per heavy atom. The molecular formula is C20H27NO4. The Hall–Kier alpha value is -2.37.